The highest BCUT2D eigenvalue weighted by molar-refractivity contribution is 6.24. The van der Waals surface area contributed by atoms with Gasteiger partial charge in [0.25, 0.3) is 0 Å². The lowest BCUT2D eigenvalue weighted by Gasteiger charge is -2.36. The summed E-state index contributed by atoms with van der Waals surface area (Å²) in [7, 11) is 1.63. The number of carbonyl (C=O) groups excluding carboxylic acids is 2. The van der Waals surface area contributed by atoms with Crippen LogP contribution in [0.2, 0.25) is 0 Å². The number of azide groups is 1. The van der Waals surface area contributed by atoms with Crippen LogP contribution < -0.4 is 4.90 Å². The summed E-state index contributed by atoms with van der Waals surface area (Å²) in [6, 6.07) is 5.34. The highest BCUT2D eigenvalue weighted by Gasteiger charge is 2.47. The van der Waals surface area contributed by atoms with Gasteiger partial charge in [0, 0.05) is 24.1 Å². The van der Waals surface area contributed by atoms with Crippen LogP contribution in [0.25, 0.3) is 10.4 Å². The van der Waals surface area contributed by atoms with E-state index in [1.807, 2.05) is 13.0 Å². The summed E-state index contributed by atoms with van der Waals surface area (Å²) >= 11 is 0. The SMILES string of the molecule is Cc1ccc2c(c1)N(C)C(=O)C(C)(CN=[N+]=[N-])C2=O. The molecule has 0 saturated carbocycles. The summed E-state index contributed by atoms with van der Waals surface area (Å²) in [6.45, 7) is 3.25. The summed E-state index contributed by atoms with van der Waals surface area (Å²) < 4.78 is 0. The lowest BCUT2D eigenvalue weighted by molar-refractivity contribution is -0.124. The van der Waals surface area contributed by atoms with Gasteiger partial charge in [-0.05, 0) is 37.1 Å². The molecule has 2 rings (SSSR count). The van der Waals surface area contributed by atoms with E-state index < -0.39 is 5.41 Å². The van der Waals surface area contributed by atoms with Crippen molar-refractivity contribution in [2.45, 2.75) is 13.8 Å². The van der Waals surface area contributed by atoms with E-state index in [2.05, 4.69) is 10.0 Å². The second-order valence-corrected chi connectivity index (χ2v) is 4.93. The Morgan fingerprint density at radius 3 is 2.74 bits per heavy atom. The standard InChI is InChI=1S/C13H14N4O2/c1-8-4-5-9-10(6-8)17(3)12(19)13(2,11(9)18)7-15-16-14/h4-6H,7H2,1-3H3. The van der Waals surface area contributed by atoms with Crippen LogP contribution >= 0.6 is 0 Å². The number of anilines is 1. The fourth-order valence-corrected chi connectivity index (χ4v) is 2.30. The van der Waals surface area contributed by atoms with Gasteiger partial charge in [0.15, 0.2) is 5.78 Å². The zero-order valence-electron chi connectivity index (χ0n) is 11.0. The maximum atomic E-state index is 12.5. The maximum absolute atomic E-state index is 12.5. The number of hydrogen-bond donors (Lipinski definition) is 0. The van der Waals surface area contributed by atoms with Crippen LogP contribution in [0.5, 0.6) is 0 Å². The van der Waals surface area contributed by atoms with Gasteiger partial charge in [0.1, 0.15) is 5.41 Å². The Kier molecular flexibility index (Phi) is 3.04. The van der Waals surface area contributed by atoms with Crippen LogP contribution in [-0.2, 0) is 4.79 Å². The van der Waals surface area contributed by atoms with E-state index in [0.717, 1.165) is 5.56 Å². The first kappa shape index (κ1) is 13.1. The van der Waals surface area contributed by atoms with E-state index in [0.29, 0.717) is 11.3 Å². The van der Waals surface area contributed by atoms with Crippen molar-refractivity contribution < 1.29 is 9.59 Å². The van der Waals surface area contributed by atoms with Gasteiger partial charge < -0.3 is 4.90 Å². The highest BCUT2D eigenvalue weighted by atomic mass is 16.2. The summed E-state index contributed by atoms with van der Waals surface area (Å²) in [4.78, 5) is 28.9. The Balaban J connectivity index is 2.60. The van der Waals surface area contributed by atoms with Gasteiger partial charge in [-0.25, -0.2) is 0 Å². The molecule has 0 radical (unpaired) electrons. The third-order valence-electron chi connectivity index (χ3n) is 3.49. The third kappa shape index (κ3) is 1.86. The molecule has 1 aromatic carbocycles. The summed E-state index contributed by atoms with van der Waals surface area (Å²) in [6.07, 6.45) is 0. The Labute approximate surface area is 110 Å². The predicted octanol–water partition coefficient (Wildman–Crippen LogP) is 2.47. The zero-order valence-corrected chi connectivity index (χ0v) is 11.0. The van der Waals surface area contributed by atoms with Crippen molar-refractivity contribution in [3.63, 3.8) is 0 Å². The number of rotatable bonds is 2. The molecule has 6 nitrogen and oxygen atoms in total. The molecule has 1 aliphatic rings. The summed E-state index contributed by atoms with van der Waals surface area (Å²) in [5.74, 6) is -0.638. The number of nitrogens with zero attached hydrogens (tertiary/aromatic N) is 4. The van der Waals surface area contributed by atoms with E-state index in [1.54, 1.807) is 19.2 Å². The molecule has 98 valence electrons. The van der Waals surface area contributed by atoms with Crippen molar-refractivity contribution in [2.75, 3.05) is 18.5 Å². The van der Waals surface area contributed by atoms with Gasteiger partial charge in [-0.2, -0.15) is 0 Å². The van der Waals surface area contributed by atoms with Gasteiger partial charge in [0.05, 0.1) is 5.69 Å². The van der Waals surface area contributed by atoms with Gasteiger partial charge >= 0.3 is 0 Å². The van der Waals surface area contributed by atoms with E-state index in [1.165, 1.54) is 11.8 Å². The summed E-state index contributed by atoms with van der Waals surface area (Å²) in [5, 5.41) is 3.41. The zero-order chi connectivity index (χ0) is 14.2. The molecular weight excluding hydrogens is 244 g/mol. The number of Topliss-reactive ketones (excluding diaryl/α,β-unsaturated/α-hetero) is 1. The van der Waals surface area contributed by atoms with Gasteiger partial charge in [-0.1, -0.05) is 11.2 Å². The minimum Gasteiger partial charge on any atom is -0.314 e. The average molecular weight is 258 g/mol. The molecule has 1 aromatic rings. The first-order chi connectivity index (χ1) is 8.91. The molecule has 0 fully saturated rings. The highest BCUT2D eigenvalue weighted by Crippen LogP contribution is 2.37. The Hall–Kier alpha value is -2.33. The lowest BCUT2D eigenvalue weighted by atomic mass is 9.77. The molecule has 1 amide bonds. The number of ketones is 1. The quantitative estimate of drug-likeness (QED) is 0.353. The number of carbonyl (C=O) groups is 2. The number of aryl methyl sites for hydroxylation is 1. The molecule has 1 atom stereocenters. The second-order valence-electron chi connectivity index (χ2n) is 4.93. The second kappa shape index (κ2) is 4.40. The predicted molar refractivity (Wildman–Crippen MR) is 71.0 cm³/mol. The molecule has 1 aliphatic heterocycles. The minimum atomic E-state index is -1.32. The van der Waals surface area contributed by atoms with Crippen molar-refractivity contribution >= 4 is 17.4 Å². The number of hydrogen-bond acceptors (Lipinski definition) is 3. The topological polar surface area (TPSA) is 86.1 Å². The number of benzene rings is 1. The molecule has 19 heavy (non-hydrogen) atoms. The van der Waals surface area contributed by atoms with Crippen LogP contribution in [0.1, 0.15) is 22.8 Å². The lowest BCUT2D eigenvalue weighted by Crippen LogP contribution is -2.51. The van der Waals surface area contributed by atoms with Crippen LogP contribution in [-0.4, -0.2) is 25.3 Å². The monoisotopic (exact) mass is 258 g/mol. The van der Waals surface area contributed by atoms with Gasteiger partial charge in [-0.3, -0.25) is 9.59 Å². The molecule has 0 spiro atoms. The van der Waals surface area contributed by atoms with E-state index in [-0.39, 0.29) is 18.2 Å². The largest absolute Gasteiger partial charge is 0.314 e. The first-order valence-electron chi connectivity index (χ1n) is 5.86. The van der Waals surface area contributed by atoms with E-state index >= 15 is 0 Å². The fraction of sp³-hybridized carbons (Fsp3) is 0.385. The molecule has 0 N–H and O–H groups in total. The van der Waals surface area contributed by atoms with Gasteiger partial charge in [0.2, 0.25) is 5.91 Å². The molecule has 0 aliphatic carbocycles. The van der Waals surface area contributed by atoms with E-state index in [4.69, 9.17) is 5.53 Å². The van der Waals surface area contributed by atoms with Gasteiger partial charge in [-0.15, -0.1) is 0 Å². The van der Waals surface area contributed by atoms with Crippen molar-refractivity contribution in [3.8, 4) is 0 Å². The van der Waals surface area contributed by atoms with E-state index in [9.17, 15) is 9.59 Å². The normalized spacial score (nSPS) is 21.9. The van der Waals surface area contributed by atoms with Crippen molar-refractivity contribution in [1.82, 2.24) is 0 Å². The van der Waals surface area contributed by atoms with Crippen molar-refractivity contribution in [2.24, 2.45) is 10.5 Å². The molecule has 1 unspecified atom stereocenters. The molecule has 0 bridgehead atoms. The molecule has 0 saturated heterocycles. The smallest absolute Gasteiger partial charge is 0.240 e. The first-order valence-corrected chi connectivity index (χ1v) is 5.86. The van der Waals surface area contributed by atoms with Crippen molar-refractivity contribution in [1.29, 1.82) is 0 Å². The summed E-state index contributed by atoms with van der Waals surface area (Å²) in [5.41, 5.74) is 9.16. The molecule has 1 heterocycles. The molecule has 6 heteroatoms. The third-order valence-corrected chi connectivity index (χ3v) is 3.49. The number of amides is 1. The molecular formula is C13H14N4O2. The maximum Gasteiger partial charge on any atom is 0.240 e. The fourth-order valence-electron chi connectivity index (χ4n) is 2.30. The Morgan fingerprint density at radius 2 is 2.11 bits per heavy atom. The Bertz CT molecular complexity index is 619. The van der Waals surface area contributed by atoms with Crippen LogP contribution in [0.4, 0.5) is 5.69 Å². The van der Waals surface area contributed by atoms with Crippen LogP contribution in [0, 0.1) is 12.3 Å². The van der Waals surface area contributed by atoms with Crippen LogP contribution in [0.15, 0.2) is 23.3 Å². The minimum absolute atomic E-state index is 0.168. The van der Waals surface area contributed by atoms with Crippen LogP contribution in [0.3, 0.4) is 0 Å². The average Bonchev–Trinajstić information content (AvgIpc) is 2.41. The Morgan fingerprint density at radius 1 is 1.42 bits per heavy atom. The molecule has 0 aromatic heterocycles. The van der Waals surface area contributed by atoms with Crippen molar-refractivity contribution in [3.05, 3.63) is 39.8 Å². The number of fused-ring (bicyclic) bond motifs is 1.